The highest BCUT2D eigenvalue weighted by atomic mass is 35.5. The van der Waals surface area contributed by atoms with E-state index in [0.717, 1.165) is 46.9 Å². The minimum atomic E-state index is 0. The number of H-pyrrole nitrogens is 1. The van der Waals surface area contributed by atoms with E-state index >= 15 is 0 Å². The van der Waals surface area contributed by atoms with E-state index in [1.165, 1.54) is 12.0 Å². The van der Waals surface area contributed by atoms with Crippen molar-refractivity contribution in [1.82, 2.24) is 20.6 Å². The monoisotopic (exact) mass is 393 g/mol. The minimum absolute atomic E-state index is 0. The van der Waals surface area contributed by atoms with Crippen molar-refractivity contribution in [3.8, 4) is 0 Å². The molecule has 140 valence electrons. The Bertz CT molecular complexity index is 815. The first kappa shape index (κ1) is 19.1. The first-order valence-corrected chi connectivity index (χ1v) is 9.76. The van der Waals surface area contributed by atoms with Crippen LogP contribution in [-0.2, 0) is 4.79 Å². The molecule has 1 amide bonds. The molecule has 0 bridgehead atoms. The van der Waals surface area contributed by atoms with Gasteiger partial charge in [0.25, 0.3) is 5.91 Å². The Kier molecular flexibility index (Phi) is 6.11. The smallest absolute Gasteiger partial charge is 0.259 e. The van der Waals surface area contributed by atoms with E-state index in [2.05, 4.69) is 32.4 Å². The number of hydrogen-bond donors (Lipinski definition) is 3. The van der Waals surface area contributed by atoms with Gasteiger partial charge >= 0.3 is 0 Å². The second kappa shape index (κ2) is 8.33. The summed E-state index contributed by atoms with van der Waals surface area (Å²) >= 11 is 1.63. The van der Waals surface area contributed by atoms with Gasteiger partial charge in [0, 0.05) is 48.9 Å². The molecule has 4 heterocycles. The van der Waals surface area contributed by atoms with Crippen LogP contribution in [0.3, 0.4) is 0 Å². The van der Waals surface area contributed by atoms with E-state index in [4.69, 9.17) is 0 Å². The average molecular weight is 394 g/mol. The van der Waals surface area contributed by atoms with Gasteiger partial charge < -0.3 is 20.5 Å². The molecule has 3 N–H and O–H groups in total. The lowest BCUT2D eigenvalue weighted by Gasteiger charge is -2.27. The van der Waals surface area contributed by atoms with E-state index < -0.39 is 0 Å². The summed E-state index contributed by atoms with van der Waals surface area (Å²) in [6.45, 7) is 4.72. The first-order chi connectivity index (χ1) is 12.2. The van der Waals surface area contributed by atoms with Crippen LogP contribution in [-0.4, -0.2) is 47.3 Å². The molecule has 8 heteroatoms. The van der Waals surface area contributed by atoms with Gasteiger partial charge in [0.1, 0.15) is 5.65 Å². The first-order valence-electron chi connectivity index (χ1n) is 8.78. The SMILES string of the molecule is Cc1c[nH]c2nccc(N3C=C(C(=O)NC[C@@H]4CCCN4)SCC3)c12.Cl. The topological polar surface area (TPSA) is 73.0 Å². The summed E-state index contributed by atoms with van der Waals surface area (Å²) in [7, 11) is 0. The molecule has 2 aromatic heterocycles. The predicted molar refractivity (Wildman–Crippen MR) is 110 cm³/mol. The number of aromatic nitrogens is 2. The van der Waals surface area contributed by atoms with Gasteiger partial charge in [-0.15, -0.1) is 24.2 Å². The van der Waals surface area contributed by atoms with Crippen molar-refractivity contribution in [3.63, 3.8) is 0 Å². The molecule has 1 saturated heterocycles. The number of rotatable bonds is 4. The Morgan fingerprint density at radius 1 is 1.50 bits per heavy atom. The highest BCUT2D eigenvalue weighted by Crippen LogP contribution is 2.32. The van der Waals surface area contributed by atoms with Crippen molar-refractivity contribution < 1.29 is 4.79 Å². The van der Waals surface area contributed by atoms with E-state index in [1.807, 2.05) is 24.7 Å². The molecule has 0 radical (unpaired) electrons. The number of fused-ring (bicyclic) bond motifs is 1. The van der Waals surface area contributed by atoms with Crippen molar-refractivity contribution in [1.29, 1.82) is 0 Å². The van der Waals surface area contributed by atoms with Crippen LogP contribution in [0.4, 0.5) is 5.69 Å². The molecule has 0 aromatic carbocycles. The van der Waals surface area contributed by atoms with Crippen molar-refractivity contribution in [2.75, 3.05) is 30.3 Å². The van der Waals surface area contributed by atoms with E-state index in [-0.39, 0.29) is 18.3 Å². The van der Waals surface area contributed by atoms with Gasteiger partial charge in [0.15, 0.2) is 0 Å². The fourth-order valence-corrected chi connectivity index (χ4v) is 4.40. The van der Waals surface area contributed by atoms with Gasteiger partial charge in [0.2, 0.25) is 0 Å². The van der Waals surface area contributed by atoms with Crippen LogP contribution in [0.1, 0.15) is 18.4 Å². The molecule has 4 rings (SSSR count). The molecule has 0 aliphatic carbocycles. The number of nitrogens with one attached hydrogen (secondary N) is 3. The van der Waals surface area contributed by atoms with Crippen LogP contribution in [0, 0.1) is 6.92 Å². The maximum atomic E-state index is 12.5. The van der Waals surface area contributed by atoms with Crippen molar-refractivity contribution in [2.45, 2.75) is 25.8 Å². The maximum absolute atomic E-state index is 12.5. The molecule has 6 nitrogen and oxygen atoms in total. The third-order valence-corrected chi connectivity index (χ3v) is 5.80. The fourth-order valence-electron chi connectivity index (χ4n) is 3.48. The molecule has 0 spiro atoms. The highest BCUT2D eigenvalue weighted by molar-refractivity contribution is 8.04. The standard InChI is InChI=1S/C18H23N5OS.ClH/c1-12-9-21-17-16(12)14(4-6-20-17)23-7-8-25-15(11-23)18(24)22-10-13-3-2-5-19-13;/h4,6,9,11,13,19H,2-3,5,7-8,10H2,1H3,(H,20,21)(H,22,24);1H/t13-;/m0./s1. The Balaban J connectivity index is 0.00000196. The lowest BCUT2D eigenvalue weighted by atomic mass is 10.2. The highest BCUT2D eigenvalue weighted by Gasteiger charge is 2.21. The summed E-state index contributed by atoms with van der Waals surface area (Å²) < 4.78 is 0. The lowest BCUT2D eigenvalue weighted by molar-refractivity contribution is -0.116. The zero-order chi connectivity index (χ0) is 17.2. The molecule has 1 fully saturated rings. The number of anilines is 1. The summed E-state index contributed by atoms with van der Waals surface area (Å²) in [5.41, 5.74) is 3.16. The molecule has 2 aliphatic rings. The molecule has 2 aliphatic heterocycles. The number of halogens is 1. The number of carbonyl (C=O) groups excluding carboxylic acids is 1. The second-order valence-electron chi connectivity index (χ2n) is 6.56. The number of carbonyl (C=O) groups is 1. The lowest BCUT2D eigenvalue weighted by Crippen LogP contribution is -2.38. The summed E-state index contributed by atoms with van der Waals surface area (Å²) in [5, 5.41) is 7.61. The van der Waals surface area contributed by atoms with E-state index in [1.54, 1.807) is 11.8 Å². The van der Waals surface area contributed by atoms with Gasteiger partial charge in [-0.3, -0.25) is 4.79 Å². The van der Waals surface area contributed by atoms with Gasteiger partial charge in [0.05, 0.1) is 10.6 Å². The van der Waals surface area contributed by atoms with Gasteiger partial charge in [-0.05, 0) is 37.9 Å². The van der Waals surface area contributed by atoms with Crippen LogP contribution in [0.15, 0.2) is 29.6 Å². The van der Waals surface area contributed by atoms with E-state index in [0.29, 0.717) is 12.6 Å². The molecular formula is C18H24ClN5OS. The number of aromatic amines is 1. The Hall–Kier alpha value is -1.70. The number of pyridine rings is 1. The van der Waals surface area contributed by atoms with Gasteiger partial charge in [-0.1, -0.05) is 0 Å². The quantitative estimate of drug-likeness (QED) is 0.744. The molecule has 0 unspecified atom stereocenters. The Morgan fingerprint density at radius 3 is 3.19 bits per heavy atom. The Labute approximate surface area is 163 Å². The molecule has 1 atom stereocenters. The van der Waals surface area contributed by atoms with Crippen LogP contribution in [0.2, 0.25) is 0 Å². The third kappa shape index (κ3) is 3.84. The normalized spacial score (nSPS) is 20.0. The largest absolute Gasteiger partial charge is 0.350 e. The van der Waals surface area contributed by atoms with Crippen LogP contribution in [0.25, 0.3) is 11.0 Å². The summed E-state index contributed by atoms with van der Waals surface area (Å²) in [6, 6.07) is 2.43. The summed E-state index contributed by atoms with van der Waals surface area (Å²) in [6.07, 6.45) is 8.10. The van der Waals surface area contributed by atoms with E-state index in [9.17, 15) is 4.79 Å². The minimum Gasteiger partial charge on any atom is -0.350 e. The van der Waals surface area contributed by atoms with Crippen molar-refractivity contribution in [2.24, 2.45) is 0 Å². The van der Waals surface area contributed by atoms with Crippen LogP contribution in [0.5, 0.6) is 0 Å². The number of nitrogens with zero attached hydrogens (tertiary/aromatic N) is 2. The zero-order valence-corrected chi connectivity index (χ0v) is 16.4. The van der Waals surface area contributed by atoms with Crippen molar-refractivity contribution >= 4 is 46.8 Å². The molecule has 26 heavy (non-hydrogen) atoms. The van der Waals surface area contributed by atoms with Crippen LogP contribution >= 0.6 is 24.2 Å². The van der Waals surface area contributed by atoms with Gasteiger partial charge in [-0.2, -0.15) is 0 Å². The Morgan fingerprint density at radius 2 is 2.38 bits per heavy atom. The second-order valence-corrected chi connectivity index (χ2v) is 7.70. The van der Waals surface area contributed by atoms with Crippen LogP contribution < -0.4 is 15.5 Å². The number of aryl methyl sites for hydroxylation is 1. The average Bonchev–Trinajstić information content (AvgIpc) is 3.30. The zero-order valence-electron chi connectivity index (χ0n) is 14.7. The number of hydrogen-bond acceptors (Lipinski definition) is 5. The third-order valence-electron chi connectivity index (χ3n) is 4.82. The molecule has 2 aromatic rings. The maximum Gasteiger partial charge on any atom is 0.259 e. The number of thioether (sulfide) groups is 1. The van der Waals surface area contributed by atoms with Crippen molar-refractivity contribution in [3.05, 3.63) is 35.1 Å². The summed E-state index contributed by atoms with van der Waals surface area (Å²) in [4.78, 5) is 23.1. The molecule has 0 saturated carbocycles. The number of amides is 1. The summed E-state index contributed by atoms with van der Waals surface area (Å²) in [5.74, 6) is 0.924. The van der Waals surface area contributed by atoms with Gasteiger partial charge in [-0.25, -0.2) is 4.98 Å². The predicted octanol–water partition coefficient (Wildman–Crippen LogP) is 2.56. The molecular weight excluding hydrogens is 370 g/mol. The fraction of sp³-hybridized carbons (Fsp3) is 0.444.